The minimum Gasteiger partial charge on any atom is -0.366 e. The Kier molecular flexibility index (Phi) is 4.54. The number of pyridine rings is 1. The van der Waals surface area contributed by atoms with Gasteiger partial charge >= 0.3 is 6.18 Å². The number of amides is 1. The van der Waals surface area contributed by atoms with E-state index in [9.17, 15) is 18.0 Å². The number of nitrogens with zero attached hydrogens (tertiary/aromatic N) is 5. The molecule has 1 saturated carbocycles. The van der Waals surface area contributed by atoms with Gasteiger partial charge in [0.25, 0.3) is 5.91 Å². The maximum atomic E-state index is 13.3. The summed E-state index contributed by atoms with van der Waals surface area (Å²) >= 11 is 0. The van der Waals surface area contributed by atoms with Crippen LogP contribution in [0.4, 0.5) is 13.2 Å². The molecule has 8 nitrogen and oxygen atoms in total. The van der Waals surface area contributed by atoms with Crippen molar-refractivity contribution in [3.8, 4) is 11.4 Å². The molecule has 162 valence electrons. The Bertz CT molecular complexity index is 1370. The number of hydrogen-bond donors (Lipinski definition) is 2. The van der Waals surface area contributed by atoms with Crippen molar-refractivity contribution in [2.24, 2.45) is 5.73 Å². The number of primary amides is 1. The first-order valence-electron chi connectivity index (χ1n) is 9.74. The van der Waals surface area contributed by atoms with Crippen molar-refractivity contribution in [3.63, 3.8) is 0 Å². The number of nitrogens with two attached hydrogens (primary N) is 1. The third kappa shape index (κ3) is 3.84. The van der Waals surface area contributed by atoms with Gasteiger partial charge < -0.3 is 5.73 Å². The van der Waals surface area contributed by atoms with Crippen LogP contribution in [0.2, 0.25) is 0 Å². The van der Waals surface area contributed by atoms with Crippen LogP contribution in [0.15, 0.2) is 42.9 Å². The molecule has 0 unspecified atom stereocenters. The Labute approximate surface area is 179 Å². The van der Waals surface area contributed by atoms with Crippen LogP contribution in [0.3, 0.4) is 0 Å². The SMILES string of the molecule is NC(=O)/C(=C/n1cnc(-c2cc(C3CC3)nc(C(F)(F)F)c2)n1)c1ccc2cn[nH]c2c1. The predicted octanol–water partition coefficient (Wildman–Crippen LogP) is 3.60. The van der Waals surface area contributed by atoms with Crippen LogP contribution in [0.5, 0.6) is 0 Å². The van der Waals surface area contributed by atoms with Gasteiger partial charge in [-0.2, -0.15) is 18.3 Å². The third-order valence-electron chi connectivity index (χ3n) is 5.18. The Balaban J connectivity index is 1.53. The van der Waals surface area contributed by atoms with Crippen LogP contribution in [0, 0.1) is 0 Å². The van der Waals surface area contributed by atoms with E-state index >= 15 is 0 Å². The molecule has 5 rings (SSSR count). The first-order chi connectivity index (χ1) is 15.3. The highest BCUT2D eigenvalue weighted by Gasteiger charge is 2.35. The van der Waals surface area contributed by atoms with E-state index in [-0.39, 0.29) is 22.9 Å². The van der Waals surface area contributed by atoms with E-state index in [2.05, 4.69) is 25.3 Å². The van der Waals surface area contributed by atoms with Gasteiger partial charge in [0.15, 0.2) is 5.82 Å². The molecule has 1 aliphatic carbocycles. The summed E-state index contributed by atoms with van der Waals surface area (Å²) < 4.78 is 41.2. The molecule has 11 heteroatoms. The first-order valence-corrected chi connectivity index (χ1v) is 9.74. The number of benzene rings is 1. The Hall–Kier alpha value is -4.02. The van der Waals surface area contributed by atoms with Crippen molar-refractivity contribution in [1.29, 1.82) is 0 Å². The number of aromatic amines is 1. The highest BCUT2D eigenvalue weighted by Crippen LogP contribution is 2.41. The number of H-pyrrole nitrogens is 1. The molecular formula is C21H16F3N7O. The highest BCUT2D eigenvalue weighted by atomic mass is 19.4. The van der Waals surface area contributed by atoms with Crippen molar-refractivity contribution >= 4 is 28.6 Å². The maximum absolute atomic E-state index is 13.3. The topological polar surface area (TPSA) is 115 Å². The largest absolute Gasteiger partial charge is 0.433 e. The fourth-order valence-electron chi connectivity index (χ4n) is 3.40. The zero-order valence-electron chi connectivity index (χ0n) is 16.5. The molecule has 0 atom stereocenters. The molecule has 0 spiro atoms. The summed E-state index contributed by atoms with van der Waals surface area (Å²) in [6.07, 6.45) is 1.37. The number of fused-ring (bicyclic) bond motifs is 1. The lowest BCUT2D eigenvalue weighted by molar-refractivity contribution is -0.141. The van der Waals surface area contributed by atoms with E-state index in [1.165, 1.54) is 17.2 Å². The molecular weight excluding hydrogens is 423 g/mol. The Morgan fingerprint density at radius 1 is 1.22 bits per heavy atom. The second-order valence-electron chi connectivity index (χ2n) is 7.57. The van der Waals surface area contributed by atoms with Crippen LogP contribution in [-0.2, 0) is 11.0 Å². The first kappa shape index (κ1) is 19.9. The second kappa shape index (κ2) is 7.29. The van der Waals surface area contributed by atoms with Gasteiger partial charge in [-0.25, -0.2) is 14.6 Å². The number of halogens is 3. The van der Waals surface area contributed by atoms with E-state index in [1.807, 2.05) is 0 Å². The molecule has 3 heterocycles. The van der Waals surface area contributed by atoms with Gasteiger partial charge in [-0.1, -0.05) is 12.1 Å². The lowest BCUT2D eigenvalue weighted by atomic mass is 10.1. The summed E-state index contributed by atoms with van der Waals surface area (Å²) in [6.45, 7) is 0. The normalized spacial score (nSPS) is 14.8. The van der Waals surface area contributed by atoms with Crippen molar-refractivity contribution in [3.05, 3.63) is 59.8 Å². The summed E-state index contributed by atoms with van der Waals surface area (Å²) in [6, 6.07) is 7.73. The molecule has 1 fully saturated rings. The Morgan fingerprint density at radius 3 is 2.75 bits per heavy atom. The van der Waals surface area contributed by atoms with E-state index in [0.717, 1.165) is 29.8 Å². The molecule has 1 aromatic carbocycles. The van der Waals surface area contributed by atoms with Crippen LogP contribution >= 0.6 is 0 Å². The van der Waals surface area contributed by atoms with Crippen LogP contribution < -0.4 is 5.73 Å². The average Bonchev–Trinajstić information content (AvgIpc) is 3.31. The van der Waals surface area contributed by atoms with Crippen molar-refractivity contribution in [2.45, 2.75) is 24.9 Å². The maximum Gasteiger partial charge on any atom is 0.433 e. The quantitative estimate of drug-likeness (QED) is 0.461. The summed E-state index contributed by atoms with van der Waals surface area (Å²) in [7, 11) is 0. The highest BCUT2D eigenvalue weighted by molar-refractivity contribution is 6.22. The Morgan fingerprint density at radius 2 is 2.03 bits per heavy atom. The standard InChI is InChI=1S/C21H16F3N7O/c22-21(23,24)18-7-14(6-16(28-18)11-1-2-11)20-26-10-31(30-20)9-15(19(25)32)12-3-4-13-8-27-29-17(13)5-12/h3-11H,1-2H2,(H2,25,32)(H,27,29)/b15-9+. The van der Waals surface area contributed by atoms with Gasteiger partial charge in [0.2, 0.25) is 0 Å². The van der Waals surface area contributed by atoms with Gasteiger partial charge in [0.1, 0.15) is 12.0 Å². The number of hydrogen-bond acceptors (Lipinski definition) is 5. The molecule has 1 aliphatic rings. The van der Waals surface area contributed by atoms with E-state index < -0.39 is 17.8 Å². The third-order valence-corrected chi connectivity index (χ3v) is 5.18. The van der Waals surface area contributed by atoms with E-state index in [4.69, 9.17) is 5.73 Å². The van der Waals surface area contributed by atoms with E-state index in [1.54, 1.807) is 30.5 Å². The molecule has 3 aromatic heterocycles. The van der Waals surface area contributed by atoms with Gasteiger partial charge in [-0.3, -0.25) is 9.89 Å². The monoisotopic (exact) mass is 439 g/mol. The number of carbonyl (C=O) groups is 1. The number of nitrogens with one attached hydrogen (secondary N) is 1. The molecule has 0 bridgehead atoms. The zero-order valence-corrected chi connectivity index (χ0v) is 16.5. The van der Waals surface area contributed by atoms with Crippen LogP contribution in [0.25, 0.3) is 34.1 Å². The average molecular weight is 439 g/mol. The second-order valence-corrected chi connectivity index (χ2v) is 7.57. The summed E-state index contributed by atoms with van der Waals surface area (Å²) in [5.41, 5.74) is 6.58. The number of rotatable bonds is 5. The fraction of sp³-hybridized carbons (Fsp3) is 0.190. The minimum absolute atomic E-state index is 0.0249. The molecule has 0 aliphatic heterocycles. The molecule has 0 saturated heterocycles. The van der Waals surface area contributed by atoms with E-state index in [0.29, 0.717) is 11.3 Å². The summed E-state index contributed by atoms with van der Waals surface area (Å²) in [5, 5.41) is 11.9. The van der Waals surface area contributed by atoms with Crippen LogP contribution in [-0.4, -0.2) is 35.9 Å². The van der Waals surface area contributed by atoms with Crippen LogP contribution in [0.1, 0.15) is 35.7 Å². The summed E-state index contributed by atoms with van der Waals surface area (Å²) in [5.74, 6) is -0.582. The molecule has 32 heavy (non-hydrogen) atoms. The lowest BCUT2D eigenvalue weighted by Crippen LogP contribution is -2.13. The minimum atomic E-state index is -4.58. The van der Waals surface area contributed by atoms with Gasteiger partial charge in [-0.15, -0.1) is 5.10 Å². The van der Waals surface area contributed by atoms with Crippen molar-refractivity contribution in [2.75, 3.05) is 0 Å². The number of aromatic nitrogens is 6. The van der Waals surface area contributed by atoms with Gasteiger partial charge in [0.05, 0.1) is 17.3 Å². The molecule has 0 radical (unpaired) electrons. The molecule has 3 N–H and O–H groups in total. The van der Waals surface area contributed by atoms with Gasteiger partial charge in [-0.05, 0) is 36.6 Å². The fourth-order valence-corrected chi connectivity index (χ4v) is 3.40. The number of alkyl halides is 3. The molecule has 4 aromatic rings. The predicted molar refractivity (Wildman–Crippen MR) is 110 cm³/mol. The number of carbonyl (C=O) groups excluding carboxylic acids is 1. The smallest absolute Gasteiger partial charge is 0.366 e. The van der Waals surface area contributed by atoms with Crippen molar-refractivity contribution < 1.29 is 18.0 Å². The van der Waals surface area contributed by atoms with Gasteiger partial charge in [0, 0.05) is 28.8 Å². The lowest BCUT2D eigenvalue weighted by Gasteiger charge is -2.09. The zero-order chi connectivity index (χ0) is 22.5. The van der Waals surface area contributed by atoms with Crippen molar-refractivity contribution in [1.82, 2.24) is 29.9 Å². The molecule has 1 amide bonds. The summed E-state index contributed by atoms with van der Waals surface area (Å²) in [4.78, 5) is 20.0.